The summed E-state index contributed by atoms with van der Waals surface area (Å²) in [6, 6.07) is 1.71. The zero-order valence-electron chi connectivity index (χ0n) is 8.36. The van der Waals surface area contributed by atoms with Gasteiger partial charge in [0.2, 0.25) is 0 Å². The van der Waals surface area contributed by atoms with E-state index in [4.69, 9.17) is 11.6 Å². The summed E-state index contributed by atoms with van der Waals surface area (Å²) in [4.78, 5) is 16.2. The van der Waals surface area contributed by atoms with Crippen LogP contribution in [0.25, 0.3) is 5.78 Å². The molecular formula is C9H5ClN6S. The molecule has 17 heavy (non-hydrogen) atoms. The topological polar surface area (TPSA) is 68.9 Å². The van der Waals surface area contributed by atoms with E-state index in [2.05, 4.69) is 25.0 Å². The van der Waals surface area contributed by atoms with Crippen molar-refractivity contribution in [3.63, 3.8) is 0 Å². The van der Waals surface area contributed by atoms with Gasteiger partial charge in [0.25, 0.3) is 5.78 Å². The molecular weight excluding hydrogens is 260 g/mol. The lowest BCUT2D eigenvalue weighted by Gasteiger charge is -2.02. The standard InChI is InChI=1S/C9H5ClN6S/c10-6-3-8(16-9(15-6)13-5-14-16)17-7-4-11-1-2-12-7/h1-5H. The Kier molecular flexibility index (Phi) is 2.62. The Morgan fingerprint density at radius 1 is 1.24 bits per heavy atom. The number of aromatic nitrogens is 6. The molecule has 0 atom stereocenters. The van der Waals surface area contributed by atoms with E-state index in [1.165, 1.54) is 18.1 Å². The fourth-order valence-electron chi connectivity index (χ4n) is 1.28. The average molecular weight is 265 g/mol. The van der Waals surface area contributed by atoms with Crippen molar-refractivity contribution in [2.75, 3.05) is 0 Å². The van der Waals surface area contributed by atoms with E-state index in [0.29, 0.717) is 10.9 Å². The molecule has 0 amide bonds. The zero-order valence-corrected chi connectivity index (χ0v) is 9.93. The van der Waals surface area contributed by atoms with Crippen molar-refractivity contribution >= 4 is 29.1 Å². The van der Waals surface area contributed by atoms with Crippen LogP contribution in [0.2, 0.25) is 5.15 Å². The van der Waals surface area contributed by atoms with E-state index >= 15 is 0 Å². The second kappa shape index (κ2) is 4.27. The Balaban J connectivity index is 2.08. The van der Waals surface area contributed by atoms with Crippen LogP contribution in [0.4, 0.5) is 0 Å². The maximum atomic E-state index is 5.91. The van der Waals surface area contributed by atoms with Crippen LogP contribution in [-0.4, -0.2) is 29.5 Å². The quantitative estimate of drug-likeness (QED) is 0.657. The highest BCUT2D eigenvalue weighted by Gasteiger charge is 2.08. The van der Waals surface area contributed by atoms with E-state index in [9.17, 15) is 0 Å². The first kappa shape index (κ1) is 10.4. The minimum Gasteiger partial charge on any atom is -0.260 e. The van der Waals surface area contributed by atoms with Crippen LogP contribution in [0.5, 0.6) is 0 Å². The summed E-state index contributed by atoms with van der Waals surface area (Å²) >= 11 is 7.30. The highest BCUT2D eigenvalue weighted by atomic mass is 35.5. The van der Waals surface area contributed by atoms with Crippen molar-refractivity contribution in [3.8, 4) is 0 Å². The highest BCUT2D eigenvalue weighted by Crippen LogP contribution is 2.26. The molecule has 8 heteroatoms. The number of hydrogen-bond donors (Lipinski definition) is 0. The lowest BCUT2D eigenvalue weighted by Crippen LogP contribution is -1.96. The maximum absolute atomic E-state index is 5.91. The average Bonchev–Trinajstić information content (AvgIpc) is 2.78. The van der Waals surface area contributed by atoms with Crippen LogP contribution in [0.1, 0.15) is 0 Å². The fraction of sp³-hybridized carbons (Fsp3) is 0. The zero-order chi connectivity index (χ0) is 11.7. The van der Waals surface area contributed by atoms with Crippen LogP contribution in [0, 0.1) is 0 Å². The van der Waals surface area contributed by atoms with Crippen molar-refractivity contribution in [3.05, 3.63) is 36.1 Å². The number of hydrogen-bond acceptors (Lipinski definition) is 6. The number of fused-ring (bicyclic) bond motifs is 1. The van der Waals surface area contributed by atoms with E-state index in [-0.39, 0.29) is 0 Å². The molecule has 3 aromatic rings. The van der Waals surface area contributed by atoms with Gasteiger partial charge in [-0.1, -0.05) is 11.6 Å². The molecule has 3 aromatic heterocycles. The second-order valence-electron chi connectivity index (χ2n) is 3.03. The van der Waals surface area contributed by atoms with Crippen LogP contribution >= 0.6 is 23.4 Å². The van der Waals surface area contributed by atoms with Crippen molar-refractivity contribution in [2.24, 2.45) is 0 Å². The van der Waals surface area contributed by atoms with Gasteiger partial charge < -0.3 is 0 Å². The molecule has 0 bridgehead atoms. The first-order valence-corrected chi connectivity index (χ1v) is 5.82. The molecule has 0 aromatic carbocycles. The first-order valence-electron chi connectivity index (χ1n) is 4.63. The smallest absolute Gasteiger partial charge is 0.254 e. The van der Waals surface area contributed by atoms with Gasteiger partial charge in [-0.2, -0.15) is 19.6 Å². The Labute approximate surface area is 105 Å². The van der Waals surface area contributed by atoms with Gasteiger partial charge in [-0.05, 0) is 11.8 Å². The van der Waals surface area contributed by atoms with Crippen LogP contribution < -0.4 is 0 Å². The molecule has 0 aliphatic heterocycles. The third-order valence-electron chi connectivity index (χ3n) is 1.94. The normalized spacial score (nSPS) is 10.9. The first-order chi connectivity index (χ1) is 8.33. The summed E-state index contributed by atoms with van der Waals surface area (Å²) in [5.41, 5.74) is 0. The Morgan fingerprint density at radius 2 is 2.18 bits per heavy atom. The number of halogens is 1. The second-order valence-corrected chi connectivity index (χ2v) is 4.46. The predicted octanol–water partition coefficient (Wildman–Crippen LogP) is 1.72. The molecule has 3 rings (SSSR count). The summed E-state index contributed by atoms with van der Waals surface area (Å²) in [6.45, 7) is 0. The molecule has 6 nitrogen and oxygen atoms in total. The third-order valence-corrected chi connectivity index (χ3v) is 3.05. The lowest BCUT2D eigenvalue weighted by atomic mass is 10.7. The van der Waals surface area contributed by atoms with Gasteiger partial charge in [-0.3, -0.25) is 4.98 Å². The van der Waals surface area contributed by atoms with Gasteiger partial charge in [0.15, 0.2) is 0 Å². The Morgan fingerprint density at radius 3 is 3.00 bits per heavy atom. The van der Waals surface area contributed by atoms with E-state index < -0.39 is 0 Å². The lowest BCUT2D eigenvalue weighted by molar-refractivity contribution is 0.840. The summed E-state index contributed by atoms with van der Waals surface area (Å²) in [6.07, 6.45) is 6.35. The minimum atomic E-state index is 0.372. The molecule has 84 valence electrons. The van der Waals surface area contributed by atoms with Crippen LogP contribution in [0.15, 0.2) is 41.0 Å². The Hall–Kier alpha value is -1.73. The third kappa shape index (κ3) is 2.06. The Bertz CT molecular complexity index is 655. The van der Waals surface area contributed by atoms with E-state index in [0.717, 1.165) is 10.1 Å². The summed E-state index contributed by atoms with van der Waals surface area (Å²) in [5.74, 6) is 0.462. The van der Waals surface area contributed by atoms with Crippen molar-refractivity contribution in [2.45, 2.75) is 10.1 Å². The molecule has 0 radical (unpaired) electrons. The molecule has 0 saturated carbocycles. The molecule has 0 fully saturated rings. The van der Waals surface area contributed by atoms with Crippen LogP contribution in [0.3, 0.4) is 0 Å². The maximum Gasteiger partial charge on any atom is 0.254 e. The molecule has 0 N–H and O–H groups in total. The van der Waals surface area contributed by atoms with Crippen LogP contribution in [-0.2, 0) is 0 Å². The molecule has 0 saturated heterocycles. The SMILES string of the molecule is Clc1cc(Sc2cnccn2)n2ncnc2n1. The largest absolute Gasteiger partial charge is 0.260 e. The predicted molar refractivity (Wildman–Crippen MR) is 61.9 cm³/mol. The highest BCUT2D eigenvalue weighted by molar-refractivity contribution is 7.99. The van der Waals surface area contributed by atoms with E-state index in [1.807, 2.05) is 0 Å². The van der Waals surface area contributed by atoms with Gasteiger partial charge in [0, 0.05) is 18.5 Å². The van der Waals surface area contributed by atoms with Gasteiger partial charge in [-0.15, -0.1) is 0 Å². The van der Waals surface area contributed by atoms with Gasteiger partial charge in [0.05, 0.1) is 6.20 Å². The van der Waals surface area contributed by atoms with E-state index in [1.54, 1.807) is 29.2 Å². The molecule has 0 unspecified atom stereocenters. The van der Waals surface area contributed by atoms with Gasteiger partial charge >= 0.3 is 0 Å². The fourth-order valence-corrected chi connectivity index (χ4v) is 2.35. The minimum absolute atomic E-state index is 0.372. The summed E-state index contributed by atoms with van der Waals surface area (Å²) < 4.78 is 1.60. The molecule has 0 spiro atoms. The molecule has 0 aliphatic rings. The van der Waals surface area contributed by atoms with Crippen molar-refractivity contribution in [1.82, 2.24) is 29.5 Å². The molecule has 0 aliphatic carbocycles. The molecule has 3 heterocycles. The monoisotopic (exact) mass is 264 g/mol. The summed E-state index contributed by atoms with van der Waals surface area (Å²) in [5, 5.41) is 5.99. The van der Waals surface area contributed by atoms with Crippen molar-refractivity contribution < 1.29 is 0 Å². The van der Waals surface area contributed by atoms with Gasteiger partial charge in [0.1, 0.15) is 21.5 Å². The van der Waals surface area contributed by atoms with Gasteiger partial charge in [-0.25, -0.2) is 4.98 Å². The van der Waals surface area contributed by atoms with Crippen molar-refractivity contribution in [1.29, 1.82) is 0 Å². The summed E-state index contributed by atoms with van der Waals surface area (Å²) in [7, 11) is 0. The number of nitrogens with zero attached hydrogens (tertiary/aromatic N) is 6. The number of rotatable bonds is 2.